The molecule has 1 aromatic heterocycles. The summed E-state index contributed by atoms with van der Waals surface area (Å²) in [6.07, 6.45) is 1.66. The SMILES string of the molecule is Nc1cc(F)ccc1SCc1ccnc(Cl)c1. The Morgan fingerprint density at radius 1 is 1.29 bits per heavy atom. The third-order valence-corrected chi connectivity index (χ3v) is 3.52. The summed E-state index contributed by atoms with van der Waals surface area (Å²) in [5, 5.41) is 0.468. The Morgan fingerprint density at radius 2 is 2.12 bits per heavy atom. The zero-order chi connectivity index (χ0) is 12.3. The van der Waals surface area contributed by atoms with Gasteiger partial charge in [-0.1, -0.05) is 11.6 Å². The monoisotopic (exact) mass is 268 g/mol. The van der Waals surface area contributed by atoms with Crippen LogP contribution in [0.1, 0.15) is 5.56 Å². The van der Waals surface area contributed by atoms with Crippen molar-refractivity contribution >= 4 is 29.1 Å². The number of hydrogen-bond acceptors (Lipinski definition) is 3. The fraction of sp³-hybridized carbons (Fsp3) is 0.0833. The van der Waals surface area contributed by atoms with E-state index in [4.69, 9.17) is 17.3 Å². The van der Waals surface area contributed by atoms with Crippen molar-refractivity contribution in [1.29, 1.82) is 0 Å². The summed E-state index contributed by atoms with van der Waals surface area (Å²) in [5.74, 6) is 0.400. The molecular formula is C12H10ClFN2S. The van der Waals surface area contributed by atoms with Crippen molar-refractivity contribution in [1.82, 2.24) is 4.98 Å². The summed E-state index contributed by atoms with van der Waals surface area (Å²) in [4.78, 5) is 4.77. The van der Waals surface area contributed by atoms with Gasteiger partial charge in [-0.05, 0) is 35.9 Å². The lowest BCUT2D eigenvalue weighted by Crippen LogP contribution is -1.90. The van der Waals surface area contributed by atoms with Gasteiger partial charge in [0.2, 0.25) is 0 Å². The molecule has 1 heterocycles. The van der Waals surface area contributed by atoms with Crippen molar-refractivity contribution in [3.05, 3.63) is 53.1 Å². The number of nitrogens with two attached hydrogens (primary N) is 1. The van der Waals surface area contributed by atoms with E-state index in [1.165, 1.54) is 23.9 Å². The average Bonchev–Trinajstić information content (AvgIpc) is 2.28. The number of benzene rings is 1. The molecule has 2 aromatic rings. The Bertz CT molecular complexity index is 534. The van der Waals surface area contributed by atoms with E-state index < -0.39 is 0 Å². The summed E-state index contributed by atoms with van der Waals surface area (Å²) in [5.41, 5.74) is 7.22. The molecule has 5 heteroatoms. The molecule has 0 aliphatic carbocycles. The molecule has 0 saturated carbocycles. The van der Waals surface area contributed by atoms with Crippen LogP contribution in [0.2, 0.25) is 5.15 Å². The molecule has 0 spiro atoms. The van der Waals surface area contributed by atoms with Crippen molar-refractivity contribution in [3.8, 4) is 0 Å². The van der Waals surface area contributed by atoms with Gasteiger partial charge in [0.15, 0.2) is 0 Å². The number of hydrogen-bond donors (Lipinski definition) is 1. The van der Waals surface area contributed by atoms with Crippen LogP contribution >= 0.6 is 23.4 Å². The van der Waals surface area contributed by atoms with Gasteiger partial charge < -0.3 is 5.73 Å². The largest absolute Gasteiger partial charge is 0.398 e. The van der Waals surface area contributed by atoms with E-state index >= 15 is 0 Å². The number of aromatic nitrogens is 1. The van der Waals surface area contributed by atoms with E-state index in [-0.39, 0.29) is 5.82 Å². The van der Waals surface area contributed by atoms with Crippen LogP contribution in [-0.4, -0.2) is 4.98 Å². The van der Waals surface area contributed by atoms with Gasteiger partial charge >= 0.3 is 0 Å². The fourth-order valence-corrected chi connectivity index (χ4v) is 2.43. The molecule has 0 amide bonds. The van der Waals surface area contributed by atoms with Gasteiger partial charge in [-0.15, -0.1) is 11.8 Å². The quantitative estimate of drug-likeness (QED) is 0.523. The molecule has 88 valence electrons. The summed E-state index contributed by atoms with van der Waals surface area (Å²) in [7, 11) is 0. The zero-order valence-electron chi connectivity index (χ0n) is 8.86. The van der Waals surface area contributed by atoms with Crippen molar-refractivity contribution < 1.29 is 4.39 Å². The molecule has 17 heavy (non-hydrogen) atoms. The number of rotatable bonds is 3. The highest BCUT2D eigenvalue weighted by Crippen LogP contribution is 2.28. The van der Waals surface area contributed by atoms with Crippen molar-refractivity contribution in [2.24, 2.45) is 0 Å². The average molecular weight is 269 g/mol. The third kappa shape index (κ3) is 3.35. The van der Waals surface area contributed by atoms with E-state index in [0.717, 1.165) is 16.2 Å². The molecule has 0 atom stereocenters. The molecule has 0 unspecified atom stereocenters. The van der Waals surface area contributed by atoms with Crippen LogP contribution in [0.25, 0.3) is 0 Å². The molecule has 0 aliphatic heterocycles. The van der Waals surface area contributed by atoms with Crippen molar-refractivity contribution in [2.45, 2.75) is 10.6 Å². The number of thioether (sulfide) groups is 1. The molecular weight excluding hydrogens is 259 g/mol. The van der Waals surface area contributed by atoms with E-state index in [9.17, 15) is 4.39 Å². The summed E-state index contributed by atoms with van der Waals surface area (Å²) in [6.45, 7) is 0. The second kappa shape index (κ2) is 5.38. The topological polar surface area (TPSA) is 38.9 Å². The van der Waals surface area contributed by atoms with Gasteiger partial charge in [-0.3, -0.25) is 0 Å². The van der Waals surface area contributed by atoms with Crippen molar-refractivity contribution in [3.63, 3.8) is 0 Å². The summed E-state index contributed by atoms with van der Waals surface area (Å²) >= 11 is 7.32. The first-order chi connectivity index (χ1) is 8.15. The normalized spacial score (nSPS) is 10.5. The van der Waals surface area contributed by atoms with Crippen molar-refractivity contribution in [2.75, 3.05) is 5.73 Å². The van der Waals surface area contributed by atoms with E-state index in [2.05, 4.69) is 4.98 Å². The lowest BCUT2D eigenvalue weighted by molar-refractivity contribution is 0.627. The predicted molar refractivity (Wildman–Crippen MR) is 69.6 cm³/mol. The number of pyridine rings is 1. The van der Waals surface area contributed by atoms with Gasteiger partial charge in [-0.25, -0.2) is 9.37 Å². The summed E-state index contributed by atoms with van der Waals surface area (Å²) < 4.78 is 12.8. The summed E-state index contributed by atoms with van der Waals surface area (Å²) in [6, 6.07) is 8.09. The molecule has 0 fully saturated rings. The molecule has 0 bridgehead atoms. The van der Waals surface area contributed by atoms with Gasteiger partial charge in [0.05, 0.1) is 0 Å². The Labute approximate surface area is 108 Å². The Morgan fingerprint density at radius 3 is 2.82 bits per heavy atom. The van der Waals surface area contributed by atoms with Crippen LogP contribution in [0.5, 0.6) is 0 Å². The zero-order valence-corrected chi connectivity index (χ0v) is 10.4. The second-order valence-electron chi connectivity index (χ2n) is 3.46. The van der Waals surface area contributed by atoms with Gasteiger partial charge in [0.25, 0.3) is 0 Å². The smallest absolute Gasteiger partial charge is 0.129 e. The Kier molecular flexibility index (Phi) is 3.86. The van der Waals surface area contributed by atoms with E-state index in [1.54, 1.807) is 18.3 Å². The van der Waals surface area contributed by atoms with Crippen LogP contribution in [0.15, 0.2) is 41.4 Å². The molecule has 0 radical (unpaired) electrons. The predicted octanol–water partition coefficient (Wildman–Crippen LogP) is 3.75. The van der Waals surface area contributed by atoms with Crippen LogP contribution in [0.4, 0.5) is 10.1 Å². The minimum atomic E-state index is -0.321. The lowest BCUT2D eigenvalue weighted by atomic mass is 10.3. The molecule has 2 rings (SSSR count). The maximum atomic E-state index is 12.8. The minimum Gasteiger partial charge on any atom is -0.398 e. The standard InChI is InChI=1S/C12H10ClFN2S/c13-12-5-8(3-4-16-12)7-17-11-2-1-9(14)6-10(11)15/h1-6H,7,15H2. The Hall–Kier alpha value is -1.26. The highest BCUT2D eigenvalue weighted by atomic mass is 35.5. The van der Waals surface area contributed by atoms with Crippen LogP contribution in [-0.2, 0) is 5.75 Å². The fourth-order valence-electron chi connectivity index (χ4n) is 1.34. The lowest BCUT2D eigenvalue weighted by Gasteiger charge is -2.05. The highest BCUT2D eigenvalue weighted by Gasteiger charge is 2.03. The maximum Gasteiger partial charge on any atom is 0.129 e. The highest BCUT2D eigenvalue weighted by molar-refractivity contribution is 7.98. The number of nitrogens with zero attached hydrogens (tertiary/aromatic N) is 1. The molecule has 0 aliphatic rings. The first-order valence-corrected chi connectivity index (χ1v) is 6.30. The van der Waals surface area contributed by atoms with Crippen LogP contribution in [0.3, 0.4) is 0 Å². The first kappa shape index (κ1) is 12.2. The minimum absolute atomic E-state index is 0.321. The van der Waals surface area contributed by atoms with E-state index in [0.29, 0.717) is 10.8 Å². The van der Waals surface area contributed by atoms with Crippen LogP contribution < -0.4 is 5.73 Å². The number of nitrogen functional groups attached to an aromatic ring is 1. The van der Waals surface area contributed by atoms with Gasteiger partial charge in [0, 0.05) is 22.5 Å². The molecule has 2 N–H and O–H groups in total. The van der Waals surface area contributed by atoms with Crippen LogP contribution in [0, 0.1) is 5.82 Å². The molecule has 1 aromatic carbocycles. The number of anilines is 1. The molecule has 2 nitrogen and oxygen atoms in total. The Balaban J connectivity index is 2.07. The number of halogens is 2. The first-order valence-electron chi connectivity index (χ1n) is 4.93. The van der Waals surface area contributed by atoms with Gasteiger partial charge in [-0.2, -0.15) is 0 Å². The van der Waals surface area contributed by atoms with E-state index in [1.807, 2.05) is 6.07 Å². The molecule has 0 saturated heterocycles. The second-order valence-corrected chi connectivity index (χ2v) is 4.86. The third-order valence-electron chi connectivity index (χ3n) is 2.16. The maximum absolute atomic E-state index is 12.8. The van der Waals surface area contributed by atoms with Gasteiger partial charge in [0.1, 0.15) is 11.0 Å².